The van der Waals surface area contributed by atoms with E-state index in [1.165, 1.54) is 5.56 Å². The number of aromatic nitrogens is 1. The van der Waals surface area contributed by atoms with Crippen molar-refractivity contribution >= 4 is 5.97 Å². The highest BCUT2D eigenvalue weighted by Gasteiger charge is 2.24. The second kappa shape index (κ2) is 9.41. The first-order valence-corrected chi connectivity index (χ1v) is 10.6. The third-order valence-corrected chi connectivity index (χ3v) is 5.96. The molecule has 0 amide bonds. The Morgan fingerprint density at radius 2 is 2.00 bits per heavy atom. The molecule has 1 fully saturated rings. The summed E-state index contributed by atoms with van der Waals surface area (Å²) in [7, 11) is 0. The Morgan fingerprint density at radius 3 is 2.73 bits per heavy atom. The van der Waals surface area contributed by atoms with Gasteiger partial charge in [-0.2, -0.15) is 0 Å². The number of carboxylic acids is 1. The van der Waals surface area contributed by atoms with Crippen LogP contribution in [-0.2, 0) is 16.1 Å². The van der Waals surface area contributed by atoms with E-state index in [2.05, 4.69) is 22.6 Å². The van der Waals surface area contributed by atoms with Crippen LogP contribution < -0.4 is 5.32 Å². The van der Waals surface area contributed by atoms with Crippen LogP contribution in [0.2, 0.25) is 0 Å². The van der Waals surface area contributed by atoms with Gasteiger partial charge < -0.3 is 19.7 Å². The summed E-state index contributed by atoms with van der Waals surface area (Å²) < 4.78 is 11.0. The Hall–Kier alpha value is -2.70. The van der Waals surface area contributed by atoms with Crippen molar-refractivity contribution in [1.29, 1.82) is 0 Å². The number of ether oxygens (including phenoxy) is 1. The third-order valence-electron chi connectivity index (χ3n) is 5.96. The van der Waals surface area contributed by atoms with Crippen molar-refractivity contribution in [2.24, 2.45) is 11.8 Å². The quantitative estimate of drug-likeness (QED) is 0.716. The molecular weight excluding hydrogens is 380 g/mol. The maximum atomic E-state index is 11.3. The summed E-state index contributed by atoms with van der Waals surface area (Å²) in [5.74, 6) is 0.535. The van der Waals surface area contributed by atoms with Gasteiger partial charge in [-0.05, 0) is 36.8 Å². The molecule has 158 valence electrons. The van der Waals surface area contributed by atoms with E-state index in [9.17, 15) is 9.90 Å². The summed E-state index contributed by atoms with van der Waals surface area (Å²) in [5.41, 5.74) is 3.23. The first kappa shape index (κ1) is 20.6. The molecule has 0 bridgehead atoms. The predicted octanol–water partition coefficient (Wildman–Crippen LogP) is 4.16. The number of carboxylic acid groups (broad SMARTS) is 1. The van der Waals surface area contributed by atoms with Crippen molar-refractivity contribution in [3.63, 3.8) is 0 Å². The Bertz CT molecular complexity index is 923. The van der Waals surface area contributed by atoms with Crippen LogP contribution in [0.3, 0.4) is 0 Å². The molecule has 2 unspecified atom stereocenters. The number of hydrogen-bond acceptors (Lipinski definition) is 5. The first-order valence-electron chi connectivity index (χ1n) is 10.6. The van der Waals surface area contributed by atoms with Gasteiger partial charge in [-0.25, -0.2) is 4.79 Å². The molecule has 0 radical (unpaired) electrons. The topological polar surface area (TPSA) is 84.6 Å². The highest BCUT2D eigenvalue weighted by Crippen LogP contribution is 2.33. The highest BCUT2D eigenvalue weighted by molar-refractivity contribution is 5.90. The van der Waals surface area contributed by atoms with Crippen LogP contribution in [0, 0.1) is 11.8 Å². The molecule has 0 saturated carbocycles. The molecule has 2 N–H and O–H groups in total. The number of nitrogens with one attached hydrogen (secondary N) is 1. The minimum atomic E-state index is -0.923. The predicted molar refractivity (Wildman–Crippen MR) is 114 cm³/mol. The lowest BCUT2D eigenvalue weighted by atomic mass is 9.84. The van der Waals surface area contributed by atoms with E-state index in [4.69, 9.17) is 9.26 Å². The van der Waals surface area contributed by atoms with Gasteiger partial charge in [-0.15, -0.1) is 0 Å². The summed E-state index contributed by atoms with van der Waals surface area (Å²) in [6.45, 7) is 5.67. The van der Waals surface area contributed by atoms with E-state index in [1.54, 1.807) is 12.2 Å². The summed E-state index contributed by atoms with van der Waals surface area (Å²) in [6, 6.07) is 10.2. The number of aliphatic carboxylic acids is 1. The van der Waals surface area contributed by atoms with Crippen LogP contribution >= 0.6 is 0 Å². The van der Waals surface area contributed by atoms with Gasteiger partial charge >= 0.3 is 5.97 Å². The first-order chi connectivity index (χ1) is 14.6. The van der Waals surface area contributed by atoms with Crippen LogP contribution in [0.25, 0.3) is 11.3 Å². The fourth-order valence-corrected chi connectivity index (χ4v) is 4.01. The Kier molecular flexibility index (Phi) is 6.45. The molecule has 1 aromatic carbocycles. The Labute approximate surface area is 176 Å². The minimum absolute atomic E-state index is 0.104. The van der Waals surface area contributed by atoms with Gasteiger partial charge in [0.2, 0.25) is 0 Å². The van der Waals surface area contributed by atoms with Crippen molar-refractivity contribution in [1.82, 2.24) is 10.5 Å². The Balaban J connectivity index is 1.37. The number of benzene rings is 1. The van der Waals surface area contributed by atoms with E-state index in [1.807, 2.05) is 31.2 Å². The minimum Gasteiger partial charge on any atom is -0.478 e. The number of nitrogens with zero attached hydrogens (tertiary/aromatic N) is 1. The average Bonchev–Trinajstić information content (AvgIpc) is 3.25. The highest BCUT2D eigenvalue weighted by atomic mass is 16.5. The van der Waals surface area contributed by atoms with Crippen LogP contribution in [0.4, 0.5) is 0 Å². The number of rotatable bonds is 7. The van der Waals surface area contributed by atoms with Crippen LogP contribution in [0.15, 0.2) is 58.7 Å². The third kappa shape index (κ3) is 4.89. The molecule has 6 heteroatoms. The van der Waals surface area contributed by atoms with Crippen LogP contribution in [-0.4, -0.2) is 36.0 Å². The van der Waals surface area contributed by atoms with Gasteiger partial charge in [0.1, 0.15) is 0 Å². The van der Waals surface area contributed by atoms with Gasteiger partial charge in [0.15, 0.2) is 5.76 Å². The fourth-order valence-electron chi connectivity index (χ4n) is 4.01. The SMILES string of the molecule is CC1C=CC(C(=O)O)=CC1c1cc(-c2ccc(CNCC3CCOCC3)cc2)on1. The second-order valence-electron chi connectivity index (χ2n) is 8.17. The zero-order valence-electron chi connectivity index (χ0n) is 17.2. The molecule has 2 aromatic rings. The molecule has 1 aromatic heterocycles. The summed E-state index contributed by atoms with van der Waals surface area (Å²) in [5, 5.41) is 17.0. The monoisotopic (exact) mass is 408 g/mol. The normalized spacial score (nSPS) is 22.1. The van der Waals surface area contributed by atoms with E-state index in [0.29, 0.717) is 17.3 Å². The standard InChI is InChI=1S/C24H28N2O4/c1-16-2-5-20(24(27)28)12-21(16)22-13-23(30-26-22)19-6-3-17(4-7-19)14-25-15-18-8-10-29-11-9-18/h2-7,12-13,16,18,21,25H,8-11,14-15H2,1H3,(H,27,28). The molecule has 1 saturated heterocycles. The van der Waals surface area contributed by atoms with Crippen LogP contribution in [0.1, 0.15) is 36.9 Å². The van der Waals surface area contributed by atoms with Gasteiger partial charge in [-0.1, -0.05) is 54.6 Å². The molecule has 6 nitrogen and oxygen atoms in total. The molecule has 2 heterocycles. The largest absolute Gasteiger partial charge is 0.478 e. The maximum Gasteiger partial charge on any atom is 0.335 e. The van der Waals surface area contributed by atoms with Gasteiger partial charge in [0.25, 0.3) is 0 Å². The summed E-state index contributed by atoms with van der Waals surface area (Å²) in [4.78, 5) is 11.3. The molecule has 1 aliphatic heterocycles. The smallest absolute Gasteiger partial charge is 0.335 e. The van der Waals surface area contributed by atoms with Gasteiger partial charge in [0.05, 0.1) is 11.3 Å². The number of hydrogen-bond donors (Lipinski definition) is 2. The van der Waals surface area contributed by atoms with Crippen molar-refractivity contribution in [3.8, 4) is 11.3 Å². The molecule has 2 aliphatic rings. The zero-order valence-corrected chi connectivity index (χ0v) is 17.2. The Morgan fingerprint density at radius 1 is 1.23 bits per heavy atom. The lowest BCUT2D eigenvalue weighted by molar-refractivity contribution is -0.132. The summed E-state index contributed by atoms with van der Waals surface area (Å²) in [6.07, 6.45) is 7.59. The fraction of sp³-hybridized carbons (Fsp3) is 0.417. The van der Waals surface area contributed by atoms with Crippen molar-refractivity contribution in [2.75, 3.05) is 19.8 Å². The number of allylic oxidation sites excluding steroid dienone is 2. The lowest BCUT2D eigenvalue weighted by Crippen LogP contribution is -2.27. The van der Waals surface area contributed by atoms with Crippen molar-refractivity contribution in [2.45, 2.75) is 32.2 Å². The molecule has 4 rings (SSSR count). The molecule has 1 aliphatic carbocycles. The van der Waals surface area contributed by atoms with E-state index in [0.717, 1.165) is 50.4 Å². The maximum absolute atomic E-state index is 11.3. The zero-order chi connectivity index (χ0) is 20.9. The van der Waals surface area contributed by atoms with Crippen LogP contribution in [0.5, 0.6) is 0 Å². The van der Waals surface area contributed by atoms with E-state index < -0.39 is 5.97 Å². The molecule has 2 atom stereocenters. The van der Waals surface area contributed by atoms with Crippen molar-refractivity contribution < 1.29 is 19.2 Å². The molecule has 0 spiro atoms. The molecular formula is C24H28N2O4. The average molecular weight is 408 g/mol. The molecule has 30 heavy (non-hydrogen) atoms. The van der Waals surface area contributed by atoms with Gasteiger partial charge in [0, 0.05) is 37.3 Å². The van der Waals surface area contributed by atoms with E-state index in [-0.39, 0.29) is 11.8 Å². The second-order valence-corrected chi connectivity index (χ2v) is 8.17. The number of carbonyl (C=O) groups is 1. The lowest BCUT2D eigenvalue weighted by Gasteiger charge is -2.22. The summed E-state index contributed by atoms with van der Waals surface area (Å²) >= 11 is 0. The van der Waals surface area contributed by atoms with Gasteiger partial charge in [-0.3, -0.25) is 0 Å². The van der Waals surface area contributed by atoms with E-state index >= 15 is 0 Å². The van der Waals surface area contributed by atoms with Crippen molar-refractivity contribution in [3.05, 3.63) is 65.4 Å².